The molecular formula is C25H21N3O7. The van der Waals surface area contributed by atoms with E-state index in [0.29, 0.717) is 28.9 Å². The monoisotopic (exact) mass is 475 g/mol. The first-order valence-electron chi connectivity index (χ1n) is 11.5. The van der Waals surface area contributed by atoms with Crippen LogP contribution in [-0.2, 0) is 19.2 Å². The number of oxime groups is 1. The van der Waals surface area contributed by atoms with E-state index >= 15 is 0 Å². The minimum absolute atomic E-state index is 0.0424. The molecular weight excluding hydrogens is 454 g/mol. The molecule has 1 saturated heterocycles. The van der Waals surface area contributed by atoms with Crippen molar-refractivity contribution in [2.45, 2.75) is 19.4 Å². The van der Waals surface area contributed by atoms with Crippen molar-refractivity contribution in [1.29, 1.82) is 0 Å². The molecule has 35 heavy (non-hydrogen) atoms. The number of ether oxygens (including phenoxy) is 1. The third-order valence-electron chi connectivity index (χ3n) is 7.68. The van der Waals surface area contributed by atoms with Gasteiger partial charge in [0, 0.05) is 29.5 Å². The summed E-state index contributed by atoms with van der Waals surface area (Å²) in [7, 11) is 0. The van der Waals surface area contributed by atoms with Gasteiger partial charge in [0.2, 0.25) is 11.8 Å². The fraction of sp³-hybridized carbons (Fsp3) is 0.360. The fourth-order valence-electron chi connectivity index (χ4n) is 6.36. The molecule has 4 aliphatic rings. The highest BCUT2D eigenvalue weighted by molar-refractivity contribution is 6.23. The normalized spacial score (nSPS) is 30.1. The summed E-state index contributed by atoms with van der Waals surface area (Å²) in [6, 6.07) is 12.5. The molecule has 2 bridgehead atoms. The lowest BCUT2D eigenvalue weighted by Crippen LogP contribution is -2.41. The van der Waals surface area contributed by atoms with Crippen LogP contribution in [0.15, 0.2) is 53.7 Å². The molecule has 3 fully saturated rings. The average Bonchev–Trinajstić information content (AvgIpc) is 3.60. The number of nitrogens with zero attached hydrogens (tertiary/aromatic N) is 3. The number of carbonyl (C=O) groups excluding carboxylic acids is 3. The minimum atomic E-state index is -0.496. The van der Waals surface area contributed by atoms with E-state index < -0.39 is 22.7 Å². The number of fused-ring (bicyclic) bond motifs is 8. The predicted molar refractivity (Wildman–Crippen MR) is 121 cm³/mol. The van der Waals surface area contributed by atoms with Gasteiger partial charge >= 0.3 is 5.97 Å². The number of nitro groups is 1. The van der Waals surface area contributed by atoms with Gasteiger partial charge in [-0.3, -0.25) is 24.6 Å². The minimum Gasteiger partial charge on any atom is -0.462 e. The van der Waals surface area contributed by atoms with Gasteiger partial charge in [0.25, 0.3) is 5.69 Å². The Balaban J connectivity index is 1.28. The second-order valence-electron chi connectivity index (χ2n) is 9.27. The molecule has 2 amide bonds. The van der Waals surface area contributed by atoms with E-state index in [9.17, 15) is 24.5 Å². The van der Waals surface area contributed by atoms with Gasteiger partial charge in [0.15, 0.2) is 0 Å². The maximum atomic E-state index is 13.5. The second-order valence-corrected chi connectivity index (χ2v) is 9.27. The van der Waals surface area contributed by atoms with Crippen molar-refractivity contribution in [2.24, 2.45) is 34.7 Å². The van der Waals surface area contributed by atoms with Crippen molar-refractivity contribution in [3.05, 3.63) is 69.8 Å². The summed E-state index contributed by atoms with van der Waals surface area (Å²) in [5.41, 5.74) is 1.91. The highest BCUT2D eigenvalue weighted by Gasteiger charge is 2.70. The zero-order chi connectivity index (χ0) is 24.4. The Labute approximate surface area is 199 Å². The summed E-state index contributed by atoms with van der Waals surface area (Å²) in [5.74, 6) is -2.48. The lowest BCUT2D eigenvalue weighted by Gasteiger charge is -2.29. The molecule has 6 rings (SSSR count). The van der Waals surface area contributed by atoms with Crippen molar-refractivity contribution >= 4 is 34.9 Å². The number of imide groups is 1. The number of hydrogen-bond acceptors (Lipinski definition) is 8. The molecule has 2 aromatic rings. The first-order valence-corrected chi connectivity index (χ1v) is 11.5. The van der Waals surface area contributed by atoms with Crippen LogP contribution in [0.4, 0.5) is 11.4 Å². The Morgan fingerprint density at radius 2 is 1.83 bits per heavy atom. The summed E-state index contributed by atoms with van der Waals surface area (Å²) in [6.07, 6.45) is 0.338. The van der Waals surface area contributed by atoms with Crippen molar-refractivity contribution < 1.29 is 28.9 Å². The third kappa shape index (κ3) is 3.02. The number of esters is 1. The summed E-state index contributed by atoms with van der Waals surface area (Å²) in [4.78, 5) is 56.6. The fourth-order valence-corrected chi connectivity index (χ4v) is 6.36. The molecule has 10 heteroatoms. The number of non-ortho nitro benzene ring substituents is 1. The summed E-state index contributed by atoms with van der Waals surface area (Å²) < 4.78 is 4.99. The van der Waals surface area contributed by atoms with Crippen molar-refractivity contribution in [3.8, 4) is 0 Å². The molecule has 2 aromatic carbocycles. The predicted octanol–water partition coefficient (Wildman–Crippen LogP) is 2.95. The van der Waals surface area contributed by atoms with Crippen LogP contribution < -0.4 is 4.90 Å². The van der Waals surface area contributed by atoms with Gasteiger partial charge < -0.3 is 9.57 Å². The first-order chi connectivity index (χ1) is 16.9. The molecule has 10 nitrogen and oxygen atoms in total. The van der Waals surface area contributed by atoms with Crippen molar-refractivity contribution in [1.82, 2.24) is 0 Å². The van der Waals surface area contributed by atoms with Crippen LogP contribution in [0, 0.1) is 39.7 Å². The van der Waals surface area contributed by atoms with Crippen molar-refractivity contribution in [3.63, 3.8) is 0 Å². The molecule has 6 atom stereocenters. The van der Waals surface area contributed by atoms with E-state index in [1.807, 2.05) is 0 Å². The van der Waals surface area contributed by atoms with Gasteiger partial charge in [-0.15, -0.1) is 0 Å². The Morgan fingerprint density at radius 3 is 2.51 bits per heavy atom. The van der Waals surface area contributed by atoms with Gasteiger partial charge in [-0.2, -0.15) is 0 Å². The standard InChI is InChI=1S/C25H21N3O7/c1-2-34-25(31)12-6-8-14(9-7-12)27-23(29)18-16-11-17(19(18)24(27)30)22-20(16)21(26-35-22)13-4-3-5-15(10-13)28(32)33/h3-10,16-20,22H,2,11H2,1H3/t16-,17-,18-,19-,20-,22-/m1/s1. The van der Waals surface area contributed by atoms with E-state index in [4.69, 9.17) is 9.57 Å². The third-order valence-corrected chi connectivity index (χ3v) is 7.68. The van der Waals surface area contributed by atoms with Crippen LogP contribution >= 0.6 is 0 Å². The van der Waals surface area contributed by atoms with Gasteiger partial charge in [0.05, 0.1) is 40.3 Å². The number of amides is 2. The molecule has 2 aliphatic heterocycles. The van der Waals surface area contributed by atoms with E-state index in [-0.39, 0.29) is 48.0 Å². The lowest BCUT2D eigenvalue weighted by atomic mass is 9.71. The zero-order valence-electron chi connectivity index (χ0n) is 18.7. The molecule has 0 spiro atoms. The molecule has 0 unspecified atom stereocenters. The number of rotatable bonds is 5. The topological polar surface area (TPSA) is 128 Å². The molecule has 0 N–H and O–H groups in total. The van der Waals surface area contributed by atoms with Gasteiger partial charge in [-0.05, 0) is 43.5 Å². The Morgan fingerprint density at radius 1 is 1.11 bits per heavy atom. The molecule has 0 radical (unpaired) electrons. The van der Waals surface area contributed by atoms with Crippen LogP contribution in [0.3, 0.4) is 0 Å². The SMILES string of the molecule is CCOC(=O)c1ccc(N2C(=O)[C@@H]3[C@H]4C[C@@H]([C@H]5ON=C(c6cccc([N+](=O)[O-])c6)[C@@H]45)[C@H]3C2=O)cc1. The Bertz CT molecular complexity index is 1300. The maximum Gasteiger partial charge on any atom is 0.338 e. The van der Waals surface area contributed by atoms with Crippen LogP contribution in [0.2, 0.25) is 0 Å². The molecule has 0 aromatic heterocycles. The Kier molecular flexibility index (Phi) is 4.73. The lowest BCUT2D eigenvalue weighted by molar-refractivity contribution is -0.384. The molecule has 178 valence electrons. The summed E-state index contributed by atoms with van der Waals surface area (Å²) in [5, 5.41) is 15.5. The van der Waals surface area contributed by atoms with Crippen LogP contribution in [0.5, 0.6) is 0 Å². The molecule has 2 saturated carbocycles. The number of anilines is 1. The average molecular weight is 475 g/mol. The molecule has 2 aliphatic carbocycles. The highest BCUT2D eigenvalue weighted by atomic mass is 16.6. The van der Waals surface area contributed by atoms with Gasteiger partial charge in [0.1, 0.15) is 6.10 Å². The number of carbonyl (C=O) groups is 3. The summed E-state index contributed by atoms with van der Waals surface area (Å²) in [6.45, 7) is 1.97. The van der Waals surface area contributed by atoms with Crippen LogP contribution in [0.1, 0.15) is 29.3 Å². The quantitative estimate of drug-likeness (QED) is 0.281. The largest absolute Gasteiger partial charge is 0.462 e. The van der Waals surface area contributed by atoms with Gasteiger partial charge in [-0.1, -0.05) is 17.3 Å². The number of hydrogen-bond donors (Lipinski definition) is 0. The van der Waals surface area contributed by atoms with Crippen LogP contribution in [-0.4, -0.2) is 41.1 Å². The highest BCUT2D eigenvalue weighted by Crippen LogP contribution is 2.62. The first kappa shape index (κ1) is 21.5. The van der Waals surface area contributed by atoms with E-state index in [1.54, 1.807) is 43.3 Å². The second kappa shape index (κ2) is 7.72. The van der Waals surface area contributed by atoms with Crippen LogP contribution in [0.25, 0.3) is 0 Å². The van der Waals surface area contributed by atoms with E-state index in [1.165, 1.54) is 17.0 Å². The van der Waals surface area contributed by atoms with Crippen molar-refractivity contribution in [2.75, 3.05) is 11.5 Å². The molecule has 2 heterocycles. The van der Waals surface area contributed by atoms with Gasteiger partial charge in [-0.25, -0.2) is 4.79 Å². The van der Waals surface area contributed by atoms with E-state index in [0.717, 1.165) is 0 Å². The Hall–Kier alpha value is -4.08. The van der Waals surface area contributed by atoms with E-state index in [2.05, 4.69) is 5.16 Å². The number of nitro benzene ring substituents is 1. The summed E-state index contributed by atoms with van der Waals surface area (Å²) >= 11 is 0. The smallest absolute Gasteiger partial charge is 0.338 e. The maximum absolute atomic E-state index is 13.5. The number of benzene rings is 2. The zero-order valence-corrected chi connectivity index (χ0v) is 18.7.